The number of anilines is 2. The van der Waals surface area contributed by atoms with Crippen LogP contribution in [-0.2, 0) is 14.4 Å². The van der Waals surface area contributed by atoms with E-state index in [1.807, 2.05) is 133 Å². The minimum atomic E-state index is -3.98. The van der Waals surface area contributed by atoms with Crippen molar-refractivity contribution in [2.45, 2.75) is 9.79 Å². The van der Waals surface area contributed by atoms with Gasteiger partial charge in [-0.3, -0.25) is 9.24 Å². The van der Waals surface area contributed by atoms with Gasteiger partial charge in [-0.25, -0.2) is 8.42 Å². The number of sulfone groups is 1. The molecular weight excluding hydrogens is 557 g/mol. The molecule has 6 heteroatoms. The van der Waals surface area contributed by atoms with Gasteiger partial charge in [-0.2, -0.15) is 0 Å². The molecule has 42 heavy (non-hydrogen) atoms. The van der Waals surface area contributed by atoms with E-state index in [1.54, 1.807) is 28.9 Å². The molecule has 0 radical (unpaired) electrons. The van der Waals surface area contributed by atoms with E-state index in [9.17, 15) is 8.42 Å². The third-order valence-electron chi connectivity index (χ3n) is 7.66. The minimum Gasteiger partial charge on any atom is -0.290 e. The first-order chi connectivity index (χ1) is 20.5. The Morgan fingerprint density at radius 1 is 0.429 bits per heavy atom. The lowest BCUT2D eigenvalue weighted by Crippen LogP contribution is -2.33. The van der Waals surface area contributed by atoms with Crippen LogP contribution in [-0.4, -0.2) is 8.42 Å². The van der Waals surface area contributed by atoms with E-state index in [0.717, 1.165) is 22.3 Å². The van der Waals surface area contributed by atoms with Crippen LogP contribution in [0, 0.1) is 0 Å². The van der Waals surface area contributed by atoms with Crippen molar-refractivity contribution in [2.24, 2.45) is 0 Å². The normalized spacial score (nSPS) is 13.7. The highest BCUT2D eigenvalue weighted by molar-refractivity contribution is 7.92. The maximum atomic E-state index is 15.7. The molecule has 0 amide bonds. The standard InChI is InChI=1S/C36H26NO3PS/c38-41(31-17-9-3-10-18-31,32-19-11-4-12-20-32)37-33-23-21-29(27-13-5-1-6-14-27)25-35(33)42(39,40)36-26-30(22-24-34(36)37)28-15-7-2-8-16-28/h1-26H. The van der Waals surface area contributed by atoms with Gasteiger partial charge < -0.3 is 0 Å². The van der Waals surface area contributed by atoms with E-state index >= 15 is 4.57 Å². The summed E-state index contributed by atoms with van der Waals surface area (Å²) in [7, 11) is -7.61. The third kappa shape index (κ3) is 4.21. The summed E-state index contributed by atoms with van der Waals surface area (Å²) in [6, 6.07) is 48.9. The SMILES string of the molecule is O=P(c1ccccc1)(c1ccccc1)N1c2ccc(-c3ccccc3)cc2S(=O)(=O)c2cc(-c3ccccc3)ccc21. The van der Waals surface area contributed by atoms with Crippen LogP contribution >= 0.6 is 7.29 Å². The first kappa shape index (κ1) is 26.2. The lowest BCUT2D eigenvalue weighted by atomic mass is 10.0. The van der Waals surface area contributed by atoms with Gasteiger partial charge >= 0.3 is 0 Å². The monoisotopic (exact) mass is 583 g/mol. The van der Waals surface area contributed by atoms with Gasteiger partial charge in [0.15, 0.2) is 0 Å². The molecule has 4 nitrogen and oxygen atoms in total. The Bertz CT molecular complexity index is 1920. The minimum absolute atomic E-state index is 0.133. The van der Waals surface area contributed by atoms with Crippen molar-refractivity contribution in [2.75, 3.05) is 4.67 Å². The quantitative estimate of drug-likeness (QED) is 0.192. The molecule has 0 saturated carbocycles. The molecule has 0 N–H and O–H groups in total. The number of benzene rings is 6. The van der Waals surface area contributed by atoms with E-state index in [0.29, 0.717) is 22.0 Å². The van der Waals surface area contributed by atoms with E-state index in [2.05, 4.69) is 0 Å². The molecule has 0 saturated heterocycles. The Kier molecular flexibility index (Phi) is 6.42. The number of rotatable bonds is 5. The third-order valence-corrected chi connectivity index (χ3v) is 12.5. The predicted molar refractivity (Wildman–Crippen MR) is 171 cm³/mol. The van der Waals surface area contributed by atoms with Crippen molar-refractivity contribution in [3.05, 3.63) is 158 Å². The number of hydrogen-bond acceptors (Lipinski definition) is 3. The molecule has 0 aliphatic carbocycles. The highest BCUT2D eigenvalue weighted by Gasteiger charge is 2.44. The van der Waals surface area contributed by atoms with Gasteiger partial charge in [0.1, 0.15) is 0 Å². The molecule has 1 aliphatic rings. The van der Waals surface area contributed by atoms with Crippen LogP contribution in [0.2, 0.25) is 0 Å². The summed E-state index contributed by atoms with van der Waals surface area (Å²) in [4.78, 5) is 0.266. The van der Waals surface area contributed by atoms with Crippen LogP contribution in [0.1, 0.15) is 0 Å². The Labute approximate surface area is 245 Å². The fraction of sp³-hybridized carbons (Fsp3) is 0. The smallest absolute Gasteiger partial charge is 0.234 e. The number of nitrogens with zero attached hydrogens (tertiary/aromatic N) is 1. The van der Waals surface area contributed by atoms with Gasteiger partial charge in [0.25, 0.3) is 0 Å². The topological polar surface area (TPSA) is 54.5 Å². The van der Waals surface area contributed by atoms with Crippen molar-refractivity contribution in [1.82, 2.24) is 0 Å². The number of fused-ring (bicyclic) bond motifs is 2. The second kappa shape index (κ2) is 10.3. The zero-order chi connectivity index (χ0) is 28.7. The Hall–Kier alpha value is -4.70. The zero-order valence-corrected chi connectivity index (χ0v) is 24.2. The molecule has 6 aromatic rings. The lowest BCUT2D eigenvalue weighted by molar-refractivity contribution is 0.585. The maximum Gasteiger partial charge on any atom is 0.234 e. The van der Waals surface area contributed by atoms with E-state index in [1.165, 1.54) is 0 Å². The molecule has 0 unspecified atom stereocenters. The summed E-state index contributed by atoms with van der Waals surface area (Å²) >= 11 is 0. The summed E-state index contributed by atoms with van der Waals surface area (Å²) in [6.07, 6.45) is 0. The Balaban J connectivity index is 1.56. The first-order valence-electron chi connectivity index (χ1n) is 13.6. The Morgan fingerprint density at radius 3 is 1.17 bits per heavy atom. The van der Waals surface area contributed by atoms with Crippen LogP contribution in [0.15, 0.2) is 168 Å². The van der Waals surface area contributed by atoms with Crippen LogP contribution in [0.25, 0.3) is 22.3 Å². The van der Waals surface area contributed by atoms with Gasteiger partial charge in [0, 0.05) is 10.6 Å². The number of hydrogen-bond donors (Lipinski definition) is 0. The summed E-state index contributed by atoms with van der Waals surface area (Å²) in [5.74, 6) is 0. The van der Waals surface area contributed by atoms with E-state index in [-0.39, 0.29) is 9.79 Å². The van der Waals surface area contributed by atoms with Crippen LogP contribution in [0.5, 0.6) is 0 Å². The van der Waals surface area contributed by atoms with E-state index in [4.69, 9.17) is 0 Å². The molecule has 0 atom stereocenters. The zero-order valence-electron chi connectivity index (χ0n) is 22.5. The second-order valence-corrected chi connectivity index (χ2v) is 14.6. The molecule has 1 heterocycles. The molecule has 0 aromatic heterocycles. The first-order valence-corrected chi connectivity index (χ1v) is 16.8. The van der Waals surface area contributed by atoms with Gasteiger partial charge in [0.05, 0.1) is 21.2 Å². The second-order valence-electron chi connectivity index (χ2n) is 10.2. The maximum absolute atomic E-state index is 15.7. The van der Waals surface area contributed by atoms with Crippen molar-refractivity contribution in [3.63, 3.8) is 0 Å². The van der Waals surface area contributed by atoms with Crippen LogP contribution in [0.4, 0.5) is 11.4 Å². The highest BCUT2D eigenvalue weighted by Crippen LogP contribution is 2.60. The Morgan fingerprint density at radius 2 is 0.786 bits per heavy atom. The highest BCUT2D eigenvalue weighted by atomic mass is 32.2. The summed E-state index contributed by atoms with van der Waals surface area (Å²) < 4.78 is 46.5. The molecule has 0 fully saturated rings. The lowest BCUT2D eigenvalue weighted by Gasteiger charge is -2.39. The summed E-state index contributed by atoms with van der Waals surface area (Å²) in [5.41, 5.74) is 4.14. The molecular formula is C36H26NO3PS. The van der Waals surface area contributed by atoms with Gasteiger partial charge in [-0.1, -0.05) is 109 Å². The predicted octanol–water partition coefficient (Wildman–Crippen LogP) is 8.23. The van der Waals surface area contributed by atoms with Crippen molar-refractivity contribution in [3.8, 4) is 22.3 Å². The molecule has 0 spiro atoms. The average Bonchev–Trinajstić information content (AvgIpc) is 3.06. The average molecular weight is 584 g/mol. The molecule has 204 valence electrons. The largest absolute Gasteiger partial charge is 0.290 e. The van der Waals surface area contributed by atoms with Crippen LogP contribution < -0.4 is 15.3 Å². The molecule has 0 bridgehead atoms. The van der Waals surface area contributed by atoms with E-state index < -0.39 is 17.1 Å². The fourth-order valence-corrected chi connectivity index (χ4v) is 10.3. The molecule has 6 aromatic carbocycles. The van der Waals surface area contributed by atoms with Gasteiger partial charge in [0.2, 0.25) is 17.1 Å². The van der Waals surface area contributed by atoms with Crippen LogP contribution in [0.3, 0.4) is 0 Å². The fourth-order valence-electron chi connectivity index (χ4n) is 5.62. The van der Waals surface area contributed by atoms with Gasteiger partial charge in [-0.15, -0.1) is 0 Å². The van der Waals surface area contributed by atoms with Gasteiger partial charge in [-0.05, 0) is 70.8 Å². The van der Waals surface area contributed by atoms with Crippen molar-refractivity contribution in [1.29, 1.82) is 0 Å². The summed E-state index contributed by atoms with van der Waals surface area (Å²) in [5, 5.41) is 1.23. The van der Waals surface area contributed by atoms with Crippen molar-refractivity contribution >= 4 is 39.1 Å². The van der Waals surface area contributed by atoms with Crippen molar-refractivity contribution < 1.29 is 13.0 Å². The molecule has 1 aliphatic heterocycles. The molecule has 7 rings (SSSR count). The summed E-state index contributed by atoms with van der Waals surface area (Å²) in [6.45, 7) is 0.